The molecule has 1 saturated heterocycles. The molecule has 0 spiro atoms. The summed E-state index contributed by atoms with van der Waals surface area (Å²) in [5.74, 6) is -0.181. The normalized spacial score (nSPS) is 18.7. The number of methoxy groups -OCH3 is 1. The van der Waals surface area contributed by atoms with Gasteiger partial charge in [0.25, 0.3) is 0 Å². The maximum Gasteiger partial charge on any atom is 0.328 e. The zero-order valence-corrected chi connectivity index (χ0v) is 13.2. The van der Waals surface area contributed by atoms with E-state index < -0.39 is 12.0 Å². The molecular weight excluding hydrogens is 282 g/mol. The van der Waals surface area contributed by atoms with Crippen LogP contribution in [0, 0.1) is 5.92 Å². The van der Waals surface area contributed by atoms with Gasteiger partial charge in [0.2, 0.25) is 5.91 Å². The first-order valence-electron chi connectivity index (χ1n) is 7.60. The highest BCUT2D eigenvalue weighted by Gasteiger charge is 2.29. The molecule has 120 valence electrons. The molecule has 1 fully saturated rings. The third kappa shape index (κ3) is 4.31. The van der Waals surface area contributed by atoms with Crippen molar-refractivity contribution in [3.63, 3.8) is 0 Å². The number of nitrogens with zero attached hydrogens (tertiary/aromatic N) is 1. The Labute approximate surface area is 131 Å². The highest BCUT2D eigenvalue weighted by molar-refractivity contribution is 5.84. The molecule has 1 aromatic carbocycles. The Balaban J connectivity index is 2.09. The monoisotopic (exact) mass is 305 g/mol. The molecule has 0 aromatic heterocycles. The van der Waals surface area contributed by atoms with Gasteiger partial charge in [0.15, 0.2) is 0 Å². The van der Waals surface area contributed by atoms with Crippen molar-refractivity contribution in [1.82, 2.24) is 4.90 Å². The Morgan fingerprint density at radius 3 is 2.68 bits per heavy atom. The molecule has 5 nitrogen and oxygen atoms in total. The van der Waals surface area contributed by atoms with E-state index in [1.54, 1.807) is 11.8 Å². The second kappa shape index (κ2) is 7.94. The number of esters is 1. The van der Waals surface area contributed by atoms with Crippen molar-refractivity contribution in [3.8, 4) is 0 Å². The molecule has 0 aliphatic carbocycles. The van der Waals surface area contributed by atoms with Gasteiger partial charge in [-0.3, -0.25) is 4.79 Å². The summed E-state index contributed by atoms with van der Waals surface area (Å²) in [6.45, 7) is 3.45. The number of amides is 1. The summed E-state index contributed by atoms with van der Waals surface area (Å²) in [7, 11) is 1.34. The van der Waals surface area contributed by atoms with Crippen molar-refractivity contribution in [3.05, 3.63) is 35.9 Å². The number of hydrogen-bond acceptors (Lipinski definition) is 4. The van der Waals surface area contributed by atoms with E-state index in [0.29, 0.717) is 26.2 Å². The van der Waals surface area contributed by atoms with E-state index in [1.807, 2.05) is 30.3 Å². The van der Waals surface area contributed by atoms with Crippen LogP contribution in [-0.4, -0.2) is 43.1 Å². The maximum absolute atomic E-state index is 12.6. The van der Waals surface area contributed by atoms with Gasteiger partial charge >= 0.3 is 5.97 Å². The number of carbonyl (C=O) groups excluding carboxylic acids is 2. The molecule has 2 rings (SSSR count). The summed E-state index contributed by atoms with van der Waals surface area (Å²) in [5, 5.41) is 0. The summed E-state index contributed by atoms with van der Waals surface area (Å²) in [6.07, 6.45) is 1.31. The van der Waals surface area contributed by atoms with Crippen molar-refractivity contribution in [2.24, 2.45) is 5.92 Å². The fourth-order valence-electron chi connectivity index (χ4n) is 2.63. The Morgan fingerprint density at radius 1 is 1.36 bits per heavy atom. The van der Waals surface area contributed by atoms with Crippen LogP contribution in [0.1, 0.15) is 25.3 Å². The van der Waals surface area contributed by atoms with E-state index in [-0.39, 0.29) is 11.8 Å². The van der Waals surface area contributed by atoms with Crippen LogP contribution in [0.4, 0.5) is 0 Å². The van der Waals surface area contributed by atoms with Gasteiger partial charge in [-0.1, -0.05) is 30.3 Å². The fourth-order valence-corrected chi connectivity index (χ4v) is 2.63. The lowest BCUT2D eigenvalue weighted by atomic mass is 10.0. The molecule has 1 aromatic rings. The standard InChI is InChI=1S/C17H23NO4/c1-13(17(20)21-2)18(11-14-6-4-3-5-7-14)16(19)10-15-8-9-22-12-15/h3-7,13,15H,8-12H2,1-2H3/t13-,15+/m1/s1. The van der Waals surface area contributed by atoms with Gasteiger partial charge < -0.3 is 14.4 Å². The molecule has 0 saturated carbocycles. The van der Waals surface area contributed by atoms with Crippen molar-refractivity contribution in [2.75, 3.05) is 20.3 Å². The van der Waals surface area contributed by atoms with E-state index in [0.717, 1.165) is 12.0 Å². The molecule has 22 heavy (non-hydrogen) atoms. The number of benzene rings is 1. The molecule has 0 N–H and O–H groups in total. The van der Waals surface area contributed by atoms with E-state index in [9.17, 15) is 9.59 Å². The van der Waals surface area contributed by atoms with Crippen molar-refractivity contribution in [1.29, 1.82) is 0 Å². The minimum Gasteiger partial charge on any atom is -0.467 e. The number of hydrogen-bond donors (Lipinski definition) is 0. The highest BCUT2D eigenvalue weighted by atomic mass is 16.5. The van der Waals surface area contributed by atoms with Crippen molar-refractivity contribution in [2.45, 2.75) is 32.4 Å². The second-order valence-electron chi connectivity index (χ2n) is 5.64. The van der Waals surface area contributed by atoms with E-state index >= 15 is 0 Å². The predicted molar refractivity (Wildman–Crippen MR) is 82.0 cm³/mol. The van der Waals surface area contributed by atoms with Gasteiger partial charge in [-0.25, -0.2) is 4.79 Å². The van der Waals surface area contributed by atoms with Crippen LogP contribution in [-0.2, 0) is 25.6 Å². The summed E-state index contributed by atoms with van der Waals surface area (Å²) >= 11 is 0. The van der Waals surface area contributed by atoms with Gasteiger partial charge in [-0.05, 0) is 24.8 Å². The molecule has 1 heterocycles. The molecule has 1 amide bonds. The average Bonchev–Trinajstić information content (AvgIpc) is 3.05. The number of carbonyl (C=O) groups is 2. The molecular formula is C17H23NO4. The van der Waals surface area contributed by atoms with Crippen molar-refractivity contribution < 1.29 is 19.1 Å². The van der Waals surface area contributed by atoms with E-state index in [2.05, 4.69) is 0 Å². The second-order valence-corrected chi connectivity index (χ2v) is 5.64. The summed E-state index contributed by atoms with van der Waals surface area (Å²) < 4.78 is 10.1. The third-order valence-corrected chi connectivity index (χ3v) is 4.01. The third-order valence-electron chi connectivity index (χ3n) is 4.01. The topological polar surface area (TPSA) is 55.8 Å². The first-order chi connectivity index (χ1) is 10.6. The van der Waals surface area contributed by atoms with Crippen LogP contribution in [0.15, 0.2) is 30.3 Å². The molecule has 1 aliphatic rings. The first kappa shape index (κ1) is 16.5. The van der Waals surface area contributed by atoms with Crippen LogP contribution in [0.3, 0.4) is 0 Å². The van der Waals surface area contributed by atoms with E-state index in [4.69, 9.17) is 9.47 Å². The minimum atomic E-state index is -0.597. The van der Waals surface area contributed by atoms with Gasteiger partial charge in [-0.15, -0.1) is 0 Å². The molecule has 0 unspecified atom stereocenters. The van der Waals surface area contributed by atoms with Crippen LogP contribution < -0.4 is 0 Å². The quantitative estimate of drug-likeness (QED) is 0.754. The van der Waals surface area contributed by atoms with Crippen LogP contribution in [0.2, 0.25) is 0 Å². The Kier molecular flexibility index (Phi) is 5.95. The van der Waals surface area contributed by atoms with Gasteiger partial charge in [0.1, 0.15) is 6.04 Å². The molecule has 0 bridgehead atoms. The molecule has 5 heteroatoms. The minimum absolute atomic E-state index is 0.0303. The van der Waals surface area contributed by atoms with Crippen LogP contribution in [0.25, 0.3) is 0 Å². The van der Waals surface area contributed by atoms with Crippen LogP contribution in [0.5, 0.6) is 0 Å². The zero-order valence-electron chi connectivity index (χ0n) is 13.2. The summed E-state index contributed by atoms with van der Waals surface area (Å²) in [6, 6.07) is 9.07. The molecule has 0 radical (unpaired) electrons. The molecule has 1 aliphatic heterocycles. The fraction of sp³-hybridized carbons (Fsp3) is 0.529. The Hall–Kier alpha value is -1.88. The summed E-state index contributed by atoms with van der Waals surface area (Å²) in [5.41, 5.74) is 0.995. The lowest BCUT2D eigenvalue weighted by Crippen LogP contribution is -2.43. The highest BCUT2D eigenvalue weighted by Crippen LogP contribution is 2.20. The summed E-state index contributed by atoms with van der Waals surface area (Å²) in [4.78, 5) is 26.1. The zero-order chi connectivity index (χ0) is 15.9. The average molecular weight is 305 g/mol. The largest absolute Gasteiger partial charge is 0.467 e. The SMILES string of the molecule is COC(=O)[C@@H](C)N(Cc1ccccc1)C(=O)C[C@@H]1CCOC1. The predicted octanol–water partition coefficient (Wildman–Crippen LogP) is 2.00. The maximum atomic E-state index is 12.6. The van der Waals surface area contributed by atoms with Crippen molar-refractivity contribution >= 4 is 11.9 Å². The lowest BCUT2D eigenvalue weighted by Gasteiger charge is -2.28. The lowest BCUT2D eigenvalue weighted by molar-refractivity contribution is -0.153. The van der Waals surface area contributed by atoms with Gasteiger partial charge in [-0.2, -0.15) is 0 Å². The van der Waals surface area contributed by atoms with E-state index in [1.165, 1.54) is 7.11 Å². The molecule has 2 atom stereocenters. The Morgan fingerprint density at radius 2 is 2.09 bits per heavy atom. The van der Waals surface area contributed by atoms with Gasteiger partial charge in [0, 0.05) is 26.2 Å². The first-order valence-corrected chi connectivity index (χ1v) is 7.60. The van der Waals surface area contributed by atoms with Crippen LogP contribution >= 0.6 is 0 Å². The van der Waals surface area contributed by atoms with Gasteiger partial charge in [0.05, 0.1) is 7.11 Å². The smallest absolute Gasteiger partial charge is 0.328 e. The Bertz CT molecular complexity index is 497. The number of rotatable bonds is 6. The number of ether oxygens (including phenoxy) is 2.